The Morgan fingerprint density at radius 3 is 1.85 bits per heavy atom. The molecule has 1 aromatic heterocycles. The van der Waals surface area contributed by atoms with Gasteiger partial charge in [-0.25, -0.2) is 0 Å². The second-order valence-electron chi connectivity index (χ2n) is 3.55. The number of nitrogens with two attached hydrogens (primary N) is 2. The lowest BCUT2D eigenvalue weighted by molar-refractivity contribution is 0.117. The summed E-state index contributed by atoms with van der Waals surface area (Å²) in [5, 5.41) is 0. The molecule has 1 rings (SSSR count). The van der Waals surface area contributed by atoms with E-state index in [0.29, 0.717) is 0 Å². The van der Waals surface area contributed by atoms with E-state index in [-0.39, 0.29) is 23.5 Å². The van der Waals surface area contributed by atoms with Crippen LogP contribution in [0, 0.1) is 0 Å². The lowest BCUT2D eigenvalue weighted by Gasteiger charge is -2.19. The molecule has 0 aliphatic rings. The molecule has 0 saturated carbocycles. The molecule has 13 heavy (non-hydrogen) atoms. The fourth-order valence-electron chi connectivity index (χ4n) is 0.708. The molecule has 0 spiro atoms. The molecule has 0 aliphatic heterocycles. The monoisotopic (exact) mass is 183 g/mol. The van der Waals surface area contributed by atoms with Crippen molar-refractivity contribution >= 4 is 11.9 Å². The lowest BCUT2D eigenvalue weighted by atomic mass is 10.2. The van der Waals surface area contributed by atoms with Gasteiger partial charge in [0.15, 0.2) is 0 Å². The summed E-state index contributed by atoms with van der Waals surface area (Å²) in [6.07, 6.45) is 0. The summed E-state index contributed by atoms with van der Waals surface area (Å²) in [6.45, 7) is 5.63. The molecule has 72 valence electrons. The quantitative estimate of drug-likeness (QED) is 0.645. The summed E-state index contributed by atoms with van der Waals surface area (Å²) in [7, 11) is 0. The van der Waals surface area contributed by atoms with E-state index < -0.39 is 0 Å². The molecule has 0 atom stereocenters. The molecule has 0 bridgehead atoms. The van der Waals surface area contributed by atoms with Gasteiger partial charge in [0.2, 0.25) is 11.9 Å². The van der Waals surface area contributed by atoms with Gasteiger partial charge in [0.25, 0.3) is 0 Å². The summed E-state index contributed by atoms with van der Waals surface area (Å²) in [4.78, 5) is 11.2. The molecule has 0 unspecified atom stereocenters. The molecule has 0 saturated heterocycles. The lowest BCUT2D eigenvalue weighted by Crippen LogP contribution is -2.24. The maximum atomic E-state index is 5.36. The van der Waals surface area contributed by atoms with E-state index in [4.69, 9.17) is 16.2 Å². The number of nitrogen functional groups attached to an aromatic ring is 2. The molecule has 0 fully saturated rings. The van der Waals surface area contributed by atoms with Gasteiger partial charge in [0.1, 0.15) is 5.60 Å². The van der Waals surface area contributed by atoms with Crippen LogP contribution in [0.15, 0.2) is 0 Å². The van der Waals surface area contributed by atoms with Crippen molar-refractivity contribution in [1.29, 1.82) is 0 Å². The number of hydrogen-bond donors (Lipinski definition) is 2. The molecule has 1 aromatic rings. The van der Waals surface area contributed by atoms with Crippen molar-refractivity contribution in [3.63, 3.8) is 0 Å². The van der Waals surface area contributed by atoms with E-state index in [1.807, 2.05) is 20.8 Å². The number of anilines is 2. The molecule has 6 nitrogen and oxygen atoms in total. The fraction of sp³-hybridized carbons (Fsp3) is 0.571. The number of hydrogen-bond acceptors (Lipinski definition) is 6. The van der Waals surface area contributed by atoms with Crippen LogP contribution in [0.4, 0.5) is 11.9 Å². The van der Waals surface area contributed by atoms with E-state index in [0.717, 1.165) is 0 Å². The van der Waals surface area contributed by atoms with Crippen LogP contribution in [0.25, 0.3) is 0 Å². The molecular formula is C7H13N5O. The summed E-state index contributed by atoms with van der Waals surface area (Å²) < 4.78 is 5.34. The van der Waals surface area contributed by atoms with Gasteiger partial charge in [0.05, 0.1) is 0 Å². The van der Waals surface area contributed by atoms with Crippen LogP contribution in [-0.2, 0) is 0 Å². The molecule has 1 heterocycles. The van der Waals surface area contributed by atoms with Crippen molar-refractivity contribution in [2.75, 3.05) is 11.5 Å². The SMILES string of the molecule is CC(C)(C)Oc1nc(N)nc(N)n1. The van der Waals surface area contributed by atoms with Crippen molar-refractivity contribution < 1.29 is 4.74 Å². The van der Waals surface area contributed by atoms with Gasteiger partial charge in [0, 0.05) is 0 Å². The Morgan fingerprint density at radius 1 is 1.00 bits per heavy atom. The van der Waals surface area contributed by atoms with Crippen molar-refractivity contribution in [3.8, 4) is 6.01 Å². The highest BCUT2D eigenvalue weighted by molar-refractivity contribution is 5.27. The van der Waals surface area contributed by atoms with Crippen molar-refractivity contribution in [3.05, 3.63) is 0 Å². The predicted molar refractivity (Wildman–Crippen MR) is 49.0 cm³/mol. The Hall–Kier alpha value is -1.59. The first-order valence-corrected chi connectivity index (χ1v) is 3.83. The number of nitrogens with zero attached hydrogens (tertiary/aromatic N) is 3. The third-order valence-corrected chi connectivity index (χ3v) is 1.05. The smallest absolute Gasteiger partial charge is 0.323 e. The van der Waals surface area contributed by atoms with Gasteiger partial charge in [-0.05, 0) is 20.8 Å². The summed E-state index contributed by atoms with van der Waals surface area (Å²) >= 11 is 0. The average Bonchev–Trinajstić information content (AvgIpc) is 1.78. The Bertz CT molecular complexity index is 286. The molecule has 6 heteroatoms. The highest BCUT2D eigenvalue weighted by atomic mass is 16.5. The second kappa shape index (κ2) is 3.04. The zero-order valence-electron chi connectivity index (χ0n) is 7.90. The van der Waals surface area contributed by atoms with Crippen LogP contribution in [0.2, 0.25) is 0 Å². The minimum atomic E-state index is -0.375. The molecule has 0 aliphatic carbocycles. The largest absolute Gasteiger partial charge is 0.458 e. The first kappa shape index (κ1) is 9.50. The van der Waals surface area contributed by atoms with Crippen LogP contribution >= 0.6 is 0 Å². The van der Waals surface area contributed by atoms with Crippen molar-refractivity contribution in [2.24, 2.45) is 0 Å². The van der Waals surface area contributed by atoms with Gasteiger partial charge in [-0.2, -0.15) is 15.0 Å². The van der Waals surface area contributed by atoms with E-state index in [9.17, 15) is 0 Å². The van der Waals surface area contributed by atoms with Crippen molar-refractivity contribution in [2.45, 2.75) is 26.4 Å². The number of rotatable bonds is 1. The van der Waals surface area contributed by atoms with Gasteiger partial charge < -0.3 is 16.2 Å². The van der Waals surface area contributed by atoms with E-state index >= 15 is 0 Å². The Labute approximate surface area is 76.3 Å². The third kappa shape index (κ3) is 3.10. The molecule has 0 radical (unpaired) electrons. The average molecular weight is 183 g/mol. The zero-order chi connectivity index (χ0) is 10.1. The fourth-order valence-corrected chi connectivity index (χ4v) is 0.708. The van der Waals surface area contributed by atoms with Crippen LogP contribution < -0.4 is 16.2 Å². The van der Waals surface area contributed by atoms with Gasteiger partial charge in [-0.15, -0.1) is 0 Å². The van der Waals surface area contributed by atoms with E-state index in [1.54, 1.807) is 0 Å². The van der Waals surface area contributed by atoms with Crippen LogP contribution in [-0.4, -0.2) is 20.6 Å². The first-order valence-electron chi connectivity index (χ1n) is 3.83. The van der Waals surface area contributed by atoms with Crippen LogP contribution in [0.1, 0.15) is 20.8 Å². The molecule has 0 amide bonds. The maximum absolute atomic E-state index is 5.36. The van der Waals surface area contributed by atoms with Gasteiger partial charge in [-0.3, -0.25) is 0 Å². The third-order valence-electron chi connectivity index (χ3n) is 1.05. The molecular weight excluding hydrogens is 170 g/mol. The maximum Gasteiger partial charge on any atom is 0.323 e. The van der Waals surface area contributed by atoms with Gasteiger partial charge in [-0.1, -0.05) is 0 Å². The number of aromatic nitrogens is 3. The highest BCUT2D eigenvalue weighted by Crippen LogP contribution is 2.13. The topological polar surface area (TPSA) is 99.9 Å². The van der Waals surface area contributed by atoms with E-state index in [1.165, 1.54) is 0 Å². The normalized spacial score (nSPS) is 11.3. The Morgan fingerprint density at radius 2 is 1.46 bits per heavy atom. The summed E-state index contributed by atoms with van der Waals surface area (Å²) in [5.74, 6) is 0.124. The van der Waals surface area contributed by atoms with Crippen molar-refractivity contribution in [1.82, 2.24) is 15.0 Å². The Balaban J connectivity index is 2.90. The second-order valence-corrected chi connectivity index (χ2v) is 3.55. The standard InChI is InChI=1S/C7H13N5O/c1-7(2,3)13-6-11-4(8)10-5(9)12-6/h1-3H3,(H4,8,9,10,11,12). The zero-order valence-corrected chi connectivity index (χ0v) is 7.90. The summed E-state index contributed by atoms with van der Waals surface area (Å²) in [6, 6.07) is 0.150. The van der Waals surface area contributed by atoms with Crippen LogP contribution in [0.3, 0.4) is 0 Å². The first-order chi connectivity index (χ1) is 5.87. The minimum Gasteiger partial charge on any atom is -0.458 e. The Kier molecular flexibility index (Phi) is 2.22. The summed E-state index contributed by atoms with van der Waals surface area (Å²) in [5.41, 5.74) is 10.3. The van der Waals surface area contributed by atoms with Crippen LogP contribution in [0.5, 0.6) is 6.01 Å². The van der Waals surface area contributed by atoms with Gasteiger partial charge >= 0.3 is 6.01 Å². The minimum absolute atomic E-state index is 0.0618. The predicted octanol–water partition coefficient (Wildman–Crippen LogP) is 0.213. The highest BCUT2D eigenvalue weighted by Gasteiger charge is 2.14. The van der Waals surface area contributed by atoms with E-state index in [2.05, 4.69) is 15.0 Å². The molecule has 4 N–H and O–H groups in total. The number of ether oxygens (including phenoxy) is 1. The molecule has 0 aromatic carbocycles.